The summed E-state index contributed by atoms with van der Waals surface area (Å²) in [6, 6.07) is 13.9. The highest BCUT2D eigenvalue weighted by molar-refractivity contribution is 6.00. The highest BCUT2D eigenvalue weighted by Crippen LogP contribution is 2.38. The van der Waals surface area contributed by atoms with Crippen molar-refractivity contribution >= 4 is 17.3 Å². The molecule has 1 atom stereocenters. The summed E-state index contributed by atoms with van der Waals surface area (Å²) in [5.74, 6) is 0.322. The summed E-state index contributed by atoms with van der Waals surface area (Å²) in [4.78, 5) is 24.7. The van der Waals surface area contributed by atoms with Crippen molar-refractivity contribution in [3.63, 3.8) is 0 Å². The number of rotatable bonds is 4. The second-order valence-corrected chi connectivity index (χ2v) is 5.33. The van der Waals surface area contributed by atoms with Crippen molar-refractivity contribution in [2.75, 3.05) is 4.90 Å². The number of carbonyl (C=O) groups excluding carboxylic acids is 1. The molecule has 1 unspecified atom stereocenters. The van der Waals surface area contributed by atoms with E-state index in [0.717, 1.165) is 5.56 Å². The number of ether oxygens (including phenoxy) is 1. The van der Waals surface area contributed by atoms with Gasteiger partial charge < -0.3 is 9.64 Å². The number of nitro groups is 1. The first-order valence-corrected chi connectivity index (χ1v) is 7.40. The van der Waals surface area contributed by atoms with Crippen molar-refractivity contribution in [1.82, 2.24) is 0 Å². The molecule has 23 heavy (non-hydrogen) atoms. The van der Waals surface area contributed by atoms with E-state index in [4.69, 9.17) is 4.74 Å². The van der Waals surface area contributed by atoms with E-state index in [0.29, 0.717) is 24.4 Å². The van der Waals surface area contributed by atoms with Gasteiger partial charge in [-0.1, -0.05) is 37.3 Å². The second-order valence-electron chi connectivity index (χ2n) is 5.33. The minimum Gasteiger partial charge on any atom is -0.478 e. The Morgan fingerprint density at radius 1 is 1.22 bits per heavy atom. The van der Waals surface area contributed by atoms with Crippen LogP contribution < -0.4 is 9.64 Å². The fourth-order valence-corrected chi connectivity index (χ4v) is 2.61. The van der Waals surface area contributed by atoms with Gasteiger partial charge in [0, 0.05) is 12.1 Å². The number of hydrogen-bond acceptors (Lipinski definition) is 4. The van der Waals surface area contributed by atoms with Gasteiger partial charge in [-0.2, -0.15) is 0 Å². The van der Waals surface area contributed by atoms with Crippen molar-refractivity contribution in [3.05, 3.63) is 64.2 Å². The lowest BCUT2D eigenvalue weighted by atomic mass is 10.1. The fraction of sp³-hybridized carbons (Fsp3) is 0.235. The molecule has 0 radical (unpaired) electrons. The van der Waals surface area contributed by atoms with E-state index in [9.17, 15) is 14.9 Å². The van der Waals surface area contributed by atoms with Crippen LogP contribution >= 0.6 is 0 Å². The maximum Gasteiger partial charge on any atom is 0.271 e. The summed E-state index contributed by atoms with van der Waals surface area (Å²) in [6.45, 7) is 2.23. The van der Waals surface area contributed by atoms with Gasteiger partial charge in [-0.15, -0.1) is 0 Å². The summed E-state index contributed by atoms with van der Waals surface area (Å²) in [7, 11) is 0. The molecule has 3 rings (SSSR count). The molecule has 1 aliphatic rings. The molecule has 0 fully saturated rings. The lowest BCUT2D eigenvalue weighted by molar-refractivity contribution is -0.384. The molecule has 0 aromatic heterocycles. The second kappa shape index (κ2) is 6.08. The van der Waals surface area contributed by atoms with E-state index in [-0.39, 0.29) is 11.6 Å². The smallest absolute Gasteiger partial charge is 0.271 e. The van der Waals surface area contributed by atoms with E-state index < -0.39 is 11.0 Å². The maximum absolute atomic E-state index is 12.6. The summed E-state index contributed by atoms with van der Waals surface area (Å²) < 4.78 is 5.68. The molecule has 1 heterocycles. The molecule has 1 amide bonds. The number of nitro benzene ring substituents is 1. The number of carbonyl (C=O) groups is 1. The lowest BCUT2D eigenvalue weighted by Crippen LogP contribution is -2.45. The number of non-ortho nitro benzene ring substituents is 1. The molecular formula is C17H16N2O4. The van der Waals surface area contributed by atoms with Gasteiger partial charge in [0.1, 0.15) is 5.75 Å². The van der Waals surface area contributed by atoms with Gasteiger partial charge in [0.05, 0.1) is 17.2 Å². The largest absolute Gasteiger partial charge is 0.478 e. The number of anilines is 1. The Kier molecular flexibility index (Phi) is 3.97. The SMILES string of the molecule is CCC1Oc2ccc([N+](=O)[O-])cc2N(Cc2ccccc2)C1=O. The van der Waals surface area contributed by atoms with Crippen molar-refractivity contribution < 1.29 is 14.5 Å². The van der Waals surface area contributed by atoms with E-state index in [2.05, 4.69) is 0 Å². The van der Waals surface area contributed by atoms with Crippen LogP contribution in [0.1, 0.15) is 18.9 Å². The minimum absolute atomic E-state index is 0.0619. The molecule has 6 heteroatoms. The average Bonchev–Trinajstić information content (AvgIpc) is 2.57. The molecule has 2 aromatic rings. The van der Waals surface area contributed by atoms with E-state index in [1.807, 2.05) is 37.3 Å². The van der Waals surface area contributed by atoms with E-state index >= 15 is 0 Å². The molecule has 0 aliphatic carbocycles. The van der Waals surface area contributed by atoms with Crippen molar-refractivity contribution in [2.24, 2.45) is 0 Å². The lowest BCUT2D eigenvalue weighted by Gasteiger charge is -2.34. The summed E-state index contributed by atoms with van der Waals surface area (Å²) in [5.41, 5.74) is 1.33. The quantitative estimate of drug-likeness (QED) is 0.641. The van der Waals surface area contributed by atoms with Gasteiger partial charge in [0.15, 0.2) is 6.10 Å². The van der Waals surface area contributed by atoms with Crippen molar-refractivity contribution in [3.8, 4) is 5.75 Å². The highest BCUT2D eigenvalue weighted by Gasteiger charge is 2.34. The van der Waals surface area contributed by atoms with Crippen LogP contribution in [-0.4, -0.2) is 16.9 Å². The fourth-order valence-electron chi connectivity index (χ4n) is 2.61. The molecule has 118 valence electrons. The van der Waals surface area contributed by atoms with Crippen LogP contribution in [0.5, 0.6) is 5.75 Å². The summed E-state index contributed by atoms with van der Waals surface area (Å²) >= 11 is 0. The molecule has 0 saturated carbocycles. The van der Waals surface area contributed by atoms with Crippen LogP contribution in [-0.2, 0) is 11.3 Å². The van der Waals surface area contributed by atoms with Crippen molar-refractivity contribution in [1.29, 1.82) is 0 Å². The van der Waals surface area contributed by atoms with Crippen LogP contribution in [0.15, 0.2) is 48.5 Å². The Bertz CT molecular complexity index is 746. The van der Waals surface area contributed by atoms with Gasteiger partial charge in [-0.3, -0.25) is 14.9 Å². The molecule has 2 aromatic carbocycles. The number of hydrogen-bond donors (Lipinski definition) is 0. The zero-order valence-electron chi connectivity index (χ0n) is 12.6. The molecule has 0 bridgehead atoms. The van der Waals surface area contributed by atoms with Crippen molar-refractivity contribution in [2.45, 2.75) is 26.0 Å². The standard InChI is InChI=1S/C17H16N2O4/c1-2-15-17(20)18(11-12-6-4-3-5-7-12)14-10-13(19(21)22)8-9-16(14)23-15/h3-10,15H,2,11H2,1H3. The number of fused-ring (bicyclic) bond motifs is 1. The molecule has 0 spiro atoms. The Hall–Kier alpha value is -2.89. The predicted molar refractivity (Wildman–Crippen MR) is 85.4 cm³/mol. The Balaban J connectivity index is 2.03. The minimum atomic E-state index is -0.562. The third-order valence-corrected chi connectivity index (χ3v) is 3.81. The third-order valence-electron chi connectivity index (χ3n) is 3.81. The first-order chi connectivity index (χ1) is 11.1. The zero-order valence-corrected chi connectivity index (χ0v) is 12.6. The van der Waals surface area contributed by atoms with Crippen LogP contribution in [0.4, 0.5) is 11.4 Å². The number of nitrogens with zero attached hydrogens (tertiary/aromatic N) is 2. The normalized spacial score (nSPS) is 16.7. The number of benzene rings is 2. The van der Waals surface area contributed by atoms with E-state index in [1.54, 1.807) is 11.0 Å². The highest BCUT2D eigenvalue weighted by atomic mass is 16.6. The van der Waals surface area contributed by atoms with Crippen LogP contribution in [0.3, 0.4) is 0 Å². The van der Waals surface area contributed by atoms with Crippen LogP contribution in [0, 0.1) is 10.1 Å². The molecule has 6 nitrogen and oxygen atoms in total. The van der Waals surface area contributed by atoms with Crippen LogP contribution in [0.25, 0.3) is 0 Å². The Morgan fingerprint density at radius 3 is 2.61 bits per heavy atom. The molecular weight excluding hydrogens is 296 g/mol. The summed E-state index contributed by atoms with van der Waals surface area (Å²) in [5, 5.41) is 11.0. The predicted octanol–water partition coefficient (Wildman–Crippen LogP) is 3.30. The molecule has 0 saturated heterocycles. The third kappa shape index (κ3) is 2.88. The van der Waals surface area contributed by atoms with Gasteiger partial charge in [0.2, 0.25) is 0 Å². The topological polar surface area (TPSA) is 72.7 Å². The molecule has 1 aliphatic heterocycles. The van der Waals surface area contributed by atoms with Gasteiger partial charge in [0.25, 0.3) is 11.6 Å². The Labute approximate surface area is 133 Å². The van der Waals surface area contributed by atoms with Gasteiger partial charge in [-0.05, 0) is 18.1 Å². The zero-order chi connectivity index (χ0) is 16.4. The first kappa shape index (κ1) is 15.0. The first-order valence-electron chi connectivity index (χ1n) is 7.40. The monoisotopic (exact) mass is 312 g/mol. The summed E-state index contributed by atoms with van der Waals surface area (Å²) in [6.07, 6.45) is -0.0201. The number of amides is 1. The van der Waals surface area contributed by atoms with Gasteiger partial charge in [-0.25, -0.2) is 0 Å². The molecule has 0 N–H and O–H groups in total. The Morgan fingerprint density at radius 2 is 1.96 bits per heavy atom. The van der Waals surface area contributed by atoms with Crippen LogP contribution in [0.2, 0.25) is 0 Å². The average molecular weight is 312 g/mol. The maximum atomic E-state index is 12.6. The van der Waals surface area contributed by atoms with Gasteiger partial charge >= 0.3 is 0 Å². The van der Waals surface area contributed by atoms with E-state index in [1.165, 1.54) is 12.1 Å².